The predicted molar refractivity (Wildman–Crippen MR) is 149 cm³/mol. The summed E-state index contributed by atoms with van der Waals surface area (Å²) in [7, 11) is 1.63. The molecular weight excluding hydrogens is 480 g/mol. The van der Waals surface area contributed by atoms with Crippen LogP contribution in [-0.2, 0) is 14.3 Å². The van der Waals surface area contributed by atoms with Crippen molar-refractivity contribution in [3.63, 3.8) is 0 Å². The molecule has 3 aromatic rings. The summed E-state index contributed by atoms with van der Waals surface area (Å²) >= 11 is 0. The minimum Gasteiger partial charge on any atom is -0.497 e. The number of nitrogens with one attached hydrogen (secondary N) is 1. The van der Waals surface area contributed by atoms with Gasteiger partial charge >= 0.3 is 0 Å². The number of nitrogens with zero attached hydrogens (tertiary/aromatic N) is 3. The van der Waals surface area contributed by atoms with Gasteiger partial charge in [0.15, 0.2) is 0 Å². The third-order valence-electron chi connectivity index (χ3n) is 6.83. The van der Waals surface area contributed by atoms with E-state index >= 15 is 0 Å². The summed E-state index contributed by atoms with van der Waals surface area (Å²) in [5.41, 5.74) is 4.83. The molecule has 0 spiro atoms. The largest absolute Gasteiger partial charge is 0.497 e. The van der Waals surface area contributed by atoms with Crippen LogP contribution < -0.4 is 10.1 Å². The number of aryl methyl sites for hydroxylation is 2. The lowest BCUT2D eigenvalue weighted by Gasteiger charge is -2.25. The average molecular weight is 519 g/mol. The number of carbonyl (C=O) groups is 2. The van der Waals surface area contributed by atoms with Crippen molar-refractivity contribution in [2.24, 2.45) is 5.92 Å². The lowest BCUT2D eigenvalue weighted by molar-refractivity contribution is -0.136. The minimum absolute atomic E-state index is 0.0295. The van der Waals surface area contributed by atoms with Crippen LogP contribution in [0.3, 0.4) is 0 Å². The van der Waals surface area contributed by atoms with Gasteiger partial charge in [0.1, 0.15) is 12.3 Å². The molecule has 0 radical (unpaired) electrons. The molecule has 38 heavy (non-hydrogen) atoms. The number of anilines is 1. The Balaban J connectivity index is 1.60. The first kappa shape index (κ1) is 27.4. The normalized spacial score (nSPS) is 15.1. The Bertz CT molecular complexity index is 1260. The minimum atomic E-state index is -0.294. The van der Waals surface area contributed by atoms with E-state index in [1.54, 1.807) is 12.0 Å². The van der Waals surface area contributed by atoms with Crippen LogP contribution in [0, 0.1) is 19.8 Å². The Morgan fingerprint density at radius 2 is 1.92 bits per heavy atom. The second-order valence-electron chi connectivity index (χ2n) is 10.4. The first-order valence-electron chi connectivity index (χ1n) is 13.2. The molecule has 1 aromatic heterocycles. The maximum atomic E-state index is 13.3. The molecule has 0 saturated carbocycles. The Morgan fingerprint density at radius 3 is 2.55 bits per heavy atom. The van der Waals surface area contributed by atoms with Gasteiger partial charge in [-0.1, -0.05) is 19.9 Å². The molecule has 202 valence electrons. The Kier molecular flexibility index (Phi) is 8.84. The summed E-state index contributed by atoms with van der Waals surface area (Å²) in [4.78, 5) is 32.7. The van der Waals surface area contributed by atoms with Crippen LogP contribution >= 0.6 is 0 Å². The molecule has 0 aliphatic carbocycles. The molecule has 2 amide bonds. The quantitative estimate of drug-likeness (QED) is 0.401. The van der Waals surface area contributed by atoms with Crippen LogP contribution in [-0.4, -0.2) is 59.2 Å². The van der Waals surface area contributed by atoms with E-state index in [4.69, 9.17) is 14.5 Å². The van der Waals surface area contributed by atoms with Gasteiger partial charge in [-0.15, -0.1) is 0 Å². The number of aromatic nitrogens is 2. The zero-order chi connectivity index (χ0) is 27.2. The van der Waals surface area contributed by atoms with Crippen molar-refractivity contribution in [3.05, 3.63) is 59.8 Å². The maximum Gasteiger partial charge on any atom is 0.246 e. The fourth-order valence-electron chi connectivity index (χ4n) is 4.55. The number of benzene rings is 2. The Hall–Kier alpha value is -3.65. The molecule has 1 fully saturated rings. The van der Waals surface area contributed by atoms with Crippen molar-refractivity contribution in [2.45, 2.75) is 53.1 Å². The number of rotatable bonds is 10. The topological polar surface area (TPSA) is 85.7 Å². The first-order chi connectivity index (χ1) is 18.2. The molecule has 8 nitrogen and oxygen atoms in total. The fourth-order valence-corrected chi connectivity index (χ4v) is 4.55. The monoisotopic (exact) mass is 518 g/mol. The lowest BCUT2D eigenvalue weighted by atomic mass is 10.1. The highest BCUT2D eigenvalue weighted by molar-refractivity contribution is 5.94. The highest BCUT2D eigenvalue weighted by Gasteiger charge is 2.25. The molecule has 0 unspecified atom stereocenters. The molecular formula is C30H38N4O4. The summed E-state index contributed by atoms with van der Waals surface area (Å²) in [5.74, 6) is 1.03. The Labute approximate surface area is 225 Å². The van der Waals surface area contributed by atoms with Crippen LogP contribution in [0.15, 0.2) is 48.7 Å². The van der Waals surface area contributed by atoms with Crippen LogP contribution in [0.2, 0.25) is 0 Å². The summed E-state index contributed by atoms with van der Waals surface area (Å²) in [6.45, 7) is 9.19. The van der Waals surface area contributed by atoms with Crippen molar-refractivity contribution in [3.8, 4) is 22.7 Å². The molecule has 2 aromatic carbocycles. The van der Waals surface area contributed by atoms with Gasteiger partial charge in [-0.2, -0.15) is 0 Å². The van der Waals surface area contributed by atoms with Crippen molar-refractivity contribution in [1.82, 2.24) is 14.5 Å². The molecule has 1 saturated heterocycles. The summed E-state index contributed by atoms with van der Waals surface area (Å²) in [5, 5.41) is 2.97. The second-order valence-corrected chi connectivity index (χ2v) is 10.4. The molecule has 8 heteroatoms. The van der Waals surface area contributed by atoms with Crippen LogP contribution in [0.4, 0.5) is 5.95 Å². The number of hydrogen-bond donors (Lipinski definition) is 1. The van der Waals surface area contributed by atoms with Gasteiger partial charge in [0.25, 0.3) is 0 Å². The Morgan fingerprint density at radius 1 is 1.16 bits per heavy atom. The number of hydrogen-bond acceptors (Lipinski definition) is 5. The first-order valence-corrected chi connectivity index (χ1v) is 13.2. The predicted octanol–water partition coefficient (Wildman–Crippen LogP) is 5.16. The third kappa shape index (κ3) is 6.81. The van der Waals surface area contributed by atoms with Gasteiger partial charge < -0.3 is 14.4 Å². The maximum absolute atomic E-state index is 13.3. The van der Waals surface area contributed by atoms with Crippen molar-refractivity contribution in [2.75, 3.05) is 32.1 Å². The highest BCUT2D eigenvalue weighted by Crippen LogP contribution is 2.27. The van der Waals surface area contributed by atoms with Gasteiger partial charge in [-0.25, -0.2) is 4.98 Å². The second kappa shape index (κ2) is 12.3. The smallest absolute Gasteiger partial charge is 0.246 e. The SMILES string of the molecule is COc1ccc(-c2cn(-c3ccc(C)c(C)c3)c(NC(=O)CN(C[C@@H]3CCCO3)C(=O)CC(C)C)n2)cc1. The van der Waals surface area contributed by atoms with Crippen LogP contribution in [0.5, 0.6) is 5.75 Å². The van der Waals surface area contributed by atoms with Crippen LogP contribution in [0.1, 0.15) is 44.2 Å². The molecule has 1 atom stereocenters. The van der Waals surface area contributed by atoms with Crippen LogP contribution in [0.25, 0.3) is 16.9 Å². The summed E-state index contributed by atoms with van der Waals surface area (Å²) < 4.78 is 12.9. The van der Waals surface area contributed by atoms with E-state index in [0.717, 1.165) is 35.4 Å². The number of ether oxygens (including phenoxy) is 2. The summed E-state index contributed by atoms with van der Waals surface area (Å²) in [6, 6.07) is 13.8. The highest BCUT2D eigenvalue weighted by atomic mass is 16.5. The average Bonchev–Trinajstić information content (AvgIpc) is 3.55. The lowest BCUT2D eigenvalue weighted by Crippen LogP contribution is -2.42. The van der Waals surface area contributed by atoms with E-state index in [1.165, 1.54) is 5.56 Å². The fraction of sp³-hybridized carbons (Fsp3) is 0.433. The van der Waals surface area contributed by atoms with Gasteiger partial charge in [-0.05, 0) is 80.1 Å². The van der Waals surface area contributed by atoms with E-state index in [2.05, 4.69) is 31.3 Å². The van der Waals surface area contributed by atoms with E-state index in [1.807, 2.05) is 54.9 Å². The van der Waals surface area contributed by atoms with Gasteiger partial charge in [0.2, 0.25) is 17.8 Å². The number of carbonyl (C=O) groups excluding carboxylic acids is 2. The third-order valence-corrected chi connectivity index (χ3v) is 6.83. The zero-order valence-corrected chi connectivity index (χ0v) is 23.0. The van der Waals surface area contributed by atoms with E-state index in [0.29, 0.717) is 31.2 Å². The van der Waals surface area contributed by atoms with Crippen molar-refractivity contribution >= 4 is 17.8 Å². The van der Waals surface area contributed by atoms with Crippen molar-refractivity contribution < 1.29 is 19.1 Å². The number of amides is 2. The standard InChI is InChI=1S/C30H38N4O4/c1-20(2)15-29(36)33(17-26-7-6-14-38-26)19-28(35)32-30-31-27(23-9-12-25(37-5)13-10-23)18-34(30)24-11-8-21(3)22(4)16-24/h8-13,16,18,20,26H,6-7,14-15,17,19H2,1-5H3,(H,31,32,35)/t26-/m0/s1. The molecule has 1 aliphatic rings. The summed E-state index contributed by atoms with van der Waals surface area (Å²) in [6.07, 6.45) is 4.15. The number of methoxy groups -OCH3 is 1. The molecule has 4 rings (SSSR count). The van der Waals surface area contributed by atoms with Gasteiger partial charge in [0.05, 0.1) is 18.9 Å². The molecule has 0 bridgehead atoms. The van der Waals surface area contributed by atoms with Gasteiger partial charge in [-0.3, -0.25) is 19.5 Å². The van der Waals surface area contributed by atoms with E-state index < -0.39 is 0 Å². The van der Waals surface area contributed by atoms with E-state index in [-0.39, 0.29) is 30.4 Å². The van der Waals surface area contributed by atoms with Crippen molar-refractivity contribution in [1.29, 1.82) is 0 Å². The number of imidazole rings is 1. The van der Waals surface area contributed by atoms with Gasteiger partial charge in [0, 0.05) is 37.0 Å². The van der Waals surface area contributed by atoms with E-state index in [9.17, 15) is 9.59 Å². The molecule has 2 heterocycles. The zero-order valence-electron chi connectivity index (χ0n) is 23.0. The molecule has 1 aliphatic heterocycles. The molecule has 1 N–H and O–H groups in total.